The van der Waals surface area contributed by atoms with Crippen molar-refractivity contribution in [3.8, 4) is 0 Å². The second kappa shape index (κ2) is 5.94. The van der Waals surface area contributed by atoms with Crippen LogP contribution in [0.4, 0.5) is 0 Å². The summed E-state index contributed by atoms with van der Waals surface area (Å²) in [7, 11) is 0. The summed E-state index contributed by atoms with van der Waals surface area (Å²) >= 11 is 0. The average Bonchev–Trinajstić information content (AvgIpc) is 3.23. The van der Waals surface area contributed by atoms with Crippen LogP contribution in [-0.2, 0) is 14.3 Å². The molecule has 0 unspecified atom stereocenters. The fraction of sp³-hybridized carbons (Fsp3) is 0.529. The number of fused-ring (bicyclic) bond motifs is 1. The fourth-order valence-electron chi connectivity index (χ4n) is 3.70. The van der Waals surface area contributed by atoms with Crippen molar-refractivity contribution in [3.63, 3.8) is 0 Å². The fourth-order valence-corrected chi connectivity index (χ4v) is 3.70. The van der Waals surface area contributed by atoms with Crippen LogP contribution in [0.2, 0.25) is 0 Å². The number of cyclic esters (lactones) is 1. The summed E-state index contributed by atoms with van der Waals surface area (Å²) < 4.78 is 11.1. The number of piperazine rings is 1. The standard InChI is InChI=1S/C17H20N2O4/c20-15(14-6-3-11-22-14)18-7-9-19(10-8-18)16-12-4-1-2-5-13(12)17(21)23-16/h1-2,4-5,14,16H,3,6-11H2/p+1/t14-,16-/m1/s1. The molecule has 122 valence electrons. The lowest BCUT2D eigenvalue weighted by Gasteiger charge is -2.35. The molecule has 23 heavy (non-hydrogen) atoms. The molecular formula is C17H21N2O4+. The summed E-state index contributed by atoms with van der Waals surface area (Å²) in [6.07, 6.45) is 1.32. The van der Waals surface area contributed by atoms with E-state index in [1.165, 1.54) is 4.90 Å². The molecular weight excluding hydrogens is 296 g/mol. The zero-order valence-corrected chi connectivity index (χ0v) is 13.0. The third-order valence-corrected chi connectivity index (χ3v) is 4.98. The molecule has 1 aromatic carbocycles. The molecule has 0 aliphatic carbocycles. The van der Waals surface area contributed by atoms with E-state index >= 15 is 0 Å². The number of benzene rings is 1. The smallest absolute Gasteiger partial charge is 0.343 e. The maximum Gasteiger partial charge on any atom is 0.343 e. The van der Waals surface area contributed by atoms with E-state index in [1.807, 2.05) is 29.2 Å². The first kappa shape index (κ1) is 14.7. The number of carbonyl (C=O) groups excluding carboxylic acids is 2. The van der Waals surface area contributed by atoms with Crippen molar-refractivity contribution >= 4 is 11.9 Å². The van der Waals surface area contributed by atoms with E-state index in [1.54, 1.807) is 0 Å². The summed E-state index contributed by atoms with van der Waals surface area (Å²) in [5, 5.41) is 0. The highest BCUT2D eigenvalue weighted by Gasteiger charge is 2.40. The van der Waals surface area contributed by atoms with E-state index in [4.69, 9.17) is 9.47 Å². The van der Waals surface area contributed by atoms with Crippen LogP contribution in [0.5, 0.6) is 0 Å². The van der Waals surface area contributed by atoms with Gasteiger partial charge >= 0.3 is 5.97 Å². The molecule has 2 saturated heterocycles. The topological polar surface area (TPSA) is 60.3 Å². The van der Waals surface area contributed by atoms with Crippen molar-refractivity contribution in [2.75, 3.05) is 32.8 Å². The van der Waals surface area contributed by atoms with E-state index in [9.17, 15) is 9.59 Å². The van der Waals surface area contributed by atoms with Crippen LogP contribution in [-0.4, -0.2) is 55.7 Å². The number of hydrogen-bond acceptors (Lipinski definition) is 4. The second-order valence-electron chi connectivity index (χ2n) is 6.36. The lowest BCUT2D eigenvalue weighted by Crippen LogP contribution is -3.15. The maximum absolute atomic E-state index is 12.4. The molecule has 2 fully saturated rings. The molecule has 0 spiro atoms. The Morgan fingerprint density at radius 1 is 1.22 bits per heavy atom. The molecule has 1 aromatic rings. The molecule has 0 bridgehead atoms. The molecule has 3 aliphatic rings. The number of hydrogen-bond donors (Lipinski definition) is 1. The van der Waals surface area contributed by atoms with Gasteiger partial charge in [-0.25, -0.2) is 4.79 Å². The van der Waals surface area contributed by atoms with Crippen LogP contribution in [0.3, 0.4) is 0 Å². The molecule has 3 aliphatic heterocycles. The Morgan fingerprint density at radius 2 is 2.00 bits per heavy atom. The highest BCUT2D eigenvalue weighted by atomic mass is 16.6. The molecule has 0 saturated carbocycles. The van der Waals surface area contributed by atoms with Crippen molar-refractivity contribution in [1.29, 1.82) is 0 Å². The van der Waals surface area contributed by atoms with Gasteiger partial charge in [-0.05, 0) is 25.0 Å². The number of carbonyl (C=O) groups is 2. The van der Waals surface area contributed by atoms with Gasteiger partial charge in [0, 0.05) is 6.61 Å². The largest absolute Gasteiger partial charge is 0.404 e. The van der Waals surface area contributed by atoms with Crippen LogP contribution < -0.4 is 4.90 Å². The van der Waals surface area contributed by atoms with Gasteiger partial charge in [0.15, 0.2) is 0 Å². The quantitative estimate of drug-likeness (QED) is 0.765. The van der Waals surface area contributed by atoms with Crippen molar-refractivity contribution in [1.82, 2.24) is 4.90 Å². The first-order valence-electron chi connectivity index (χ1n) is 8.29. The molecule has 2 atom stereocenters. The van der Waals surface area contributed by atoms with Gasteiger partial charge in [-0.1, -0.05) is 12.1 Å². The van der Waals surface area contributed by atoms with Crippen molar-refractivity contribution < 1.29 is 24.0 Å². The Labute approximate surface area is 134 Å². The molecule has 1 N–H and O–H groups in total. The second-order valence-corrected chi connectivity index (χ2v) is 6.36. The van der Waals surface area contributed by atoms with Crippen LogP contribution >= 0.6 is 0 Å². The summed E-state index contributed by atoms with van der Waals surface area (Å²) in [5.41, 5.74) is 1.63. The van der Waals surface area contributed by atoms with Gasteiger partial charge < -0.3 is 14.4 Å². The Hall–Kier alpha value is -1.92. The molecule has 1 amide bonds. The highest BCUT2D eigenvalue weighted by Crippen LogP contribution is 2.26. The van der Waals surface area contributed by atoms with Crippen molar-refractivity contribution in [2.24, 2.45) is 0 Å². The monoisotopic (exact) mass is 317 g/mol. The van der Waals surface area contributed by atoms with Crippen LogP contribution in [0.25, 0.3) is 0 Å². The third-order valence-electron chi connectivity index (χ3n) is 4.98. The Balaban J connectivity index is 1.40. The van der Waals surface area contributed by atoms with E-state index in [0.29, 0.717) is 25.3 Å². The summed E-state index contributed by atoms with van der Waals surface area (Å²) in [6.45, 7) is 3.63. The Bertz CT molecular complexity index is 619. The molecule has 6 nitrogen and oxygen atoms in total. The predicted molar refractivity (Wildman–Crippen MR) is 80.8 cm³/mol. The zero-order chi connectivity index (χ0) is 15.8. The molecule has 0 radical (unpaired) electrons. The van der Waals surface area contributed by atoms with Crippen LogP contribution in [0, 0.1) is 0 Å². The summed E-state index contributed by atoms with van der Waals surface area (Å²) in [5.74, 6) is -0.124. The number of ether oxygens (including phenoxy) is 2. The summed E-state index contributed by atoms with van der Waals surface area (Å²) in [4.78, 5) is 27.4. The van der Waals surface area contributed by atoms with Crippen molar-refractivity contribution in [3.05, 3.63) is 35.4 Å². The van der Waals surface area contributed by atoms with Gasteiger partial charge in [-0.15, -0.1) is 0 Å². The lowest BCUT2D eigenvalue weighted by molar-refractivity contribution is -0.955. The number of esters is 1. The van der Waals surface area contributed by atoms with Gasteiger partial charge in [-0.3, -0.25) is 9.69 Å². The predicted octanol–water partition coefficient (Wildman–Crippen LogP) is -0.238. The Morgan fingerprint density at radius 3 is 2.74 bits per heavy atom. The first-order chi connectivity index (χ1) is 11.2. The minimum atomic E-state index is -0.249. The molecule has 0 aromatic heterocycles. The van der Waals surface area contributed by atoms with E-state index in [2.05, 4.69) is 0 Å². The third kappa shape index (κ3) is 2.62. The van der Waals surface area contributed by atoms with Gasteiger partial charge in [0.25, 0.3) is 12.1 Å². The zero-order valence-electron chi connectivity index (χ0n) is 13.0. The van der Waals surface area contributed by atoms with Gasteiger partial charge in [-0.2, -0.15) is 0 Å². The van der Waals surface area contributed by atoms with Crippen LogP contribution in [0.1, 0.15) is 35.0 Å². The van der Waals surface area contributed by atoms with Gasteiger partial charge in [0.1, 0.15) is 6.10 Å². The van der Waals surface area contributed by atoms with E-state index in [-0.39, 0.29) is 24.2 Å². The first-order valence-corrected chi connectivity index (χ1v) is 8.29. The average molecular weight is 317 g/mol. The number of nitrogens with zero attached hydrogens (tertiary/aromatic N) is 1. The lowest BCUT2D eigenvalue weighted by atomic mass is 10.1. The Kier molecular flexibility index (Phi) is 3.79. The number of amides is 1. The number of quaternary nitrogens is 1. The number of rotatable bonds is 2. The summed E-state index contributed by atoms with van der Waals surface area (Å²) in [6, 6.07) is 7.57. The molecule has 6 heteroatoms. The number of nitrogens with one attached hydrogen (secondary N) is 1. The van der Waals surface area contributed by atoms with Gasteiger partial charge in [0.05, 0.1) is 37.3 Å². The molecule has 4 rings (SSSR count). The van der Waals surface area contributed by atoms with E-state index < -0.39 is 0 Å². The van der Waals surface area contributed by atoms with Gasteiger partial charge in [0.2, 0.25) is 0 Å². The highest BCUT2D eigenvalue weighted by molar-refractivity contribution is 5.93. The minimum Gasteiger partial charge on any atom is -0.404 e. The van der Waals surface area contributed by atoms with E-state index in [0.717, 1.165) is 31.5 Å². The minimum absolute atomic E-state index is 0.116. The molecule has 3 heterocycles. The maximum atomic E-state index is 12.4. The van der Waals surface area contributed by atoms with Crippen molar-refractivity contribution in [2.45, 2.75) is 25.2 Å². The normalized spacial score (nSPS) is 27.8. The SMILES string of the molecule is O=C1O[C@@H]([NH+]2CCN(C(=O)[C@H]3CCCO3)CC2)c2ccccc21. The van der Waals surface area contributed by atoms with Crippen LogP contribution in [0.15, 0.2) is 24.3 Å².